The van der Waals surface area contributed by atoms with E-state index in [2.05, 4.69) is 5.32 Å². The Morgan fingerprint density at radius 1 is 1.04 bits per heavy atom. The van der Waals surface area contributed by atoms with Crippen LogP contribution >= 0.6 is 0 Å². The molecule has 2 rings (SSSR count). The Bertz CT molecular complexity index is 496. The van der Waals surface area contributed by atoms with Gasteiger partial charge in [0.15, 0.2) is 0 Å². The van der Waals surface area contributed by atoms with Crippen LogP contribution in [0.2, 0.25) is 0 Å². The normalized spacial score (nSPS) is 22.0. The summed E-state index contributed by atoms with van der Waals surface area (Å²) in [6.45, 7) is 2.85. The molecule has 0 spiro atoms. The molecule has 8 nitrogen and oxygen atoms in total. The van der Waals surface area contributed by atoms with E-state index in [4.69, 9.17) is 14.2 Å². The van der Waals surface area contributed by atoms with Crippen molar-refractivity contribution >= 4 is 17.7 Å². The molecule has 2 aliphatic rings. The molecular weight excluding hydrogens is 340 g/mol. The lowest BCUT2D eigenvalue weighted by Crippen LogP contribution is -2.41. The van der Waals surface area contributed by atoms with Gasteiger partial charge in [0.2, 0.25) is 17.7 Å². The number of carbonyl (C=O) groups is 3. The lowest BCUT2D eigenvalue weighted by atomic mass is 9.85. The van der Waals surface area contributed by atoms with Crippen LogP contribution in [0.25, 0.3) is 0 Å². The van der Waals surface area contributed by atoms with Crippen molar-refractivity contribution in [3.05, 3.63) is 12.2 Å². The molecule has 0 aromatic carbocycles. The molecule has 3 amide bonds. The quantitative estimate of drug-likeness (QED) is 0.299. The first kappa shape index (κ1) is 20.5. The third-order valence-electron chi connectivity index (χ3n) is 4.49. The highest BCUT2D eigenvalue weighted by molar-refractivity contribution is 6.07. The summed E-state index contributed by atoms with van der Waals surface area (Å²) in [7, 11) is 1.62. The number of methoxy groups -OCH3 is 1. The molecule has 1 aliphatic carbocycles. The minimum atomic E-state index is -0.318. The highest BCUT2D eigenvalue weighted by Gasteiger charge is 2.47. The first-order chi connectivity index (χ1) is 12.6. The van der Waals surface area contributed by atoms with Crippen molar-refractivity contribution in [2.75, 3.05) is 53.2 Å². The number of rotatable bonds is 12. The smallest absolute Gasteiger partial charge is 0.240 e. The highest BCUT2D eigenvalue weighted by Crippen LogP contribution is 2.34. The zero-order valence-electron chi connectivity index (χ0n) is 15.3. The molecule has 2 atom stereocenters. The van der Waals surface area contributed by atoms with E-state index >= 15 is 0 Å². The second kappa shape index (κ2) is 11.1. The van der Waals surface area contributed by atoms with Crippen molar-refractivity contribution in [2.24, 2.45) is 11.8 Å². The van der Waals surface area contributed by atoms with E-state index in [1.807, 2.05) is 12.2 Å². The molecule has 1 saturated heterocycles. The Labute approximate surface area is 153 Å². The number of likely N-dealkylation sites (tertiary alicyclic amines) is 1. The minimum Gasteiger partial charge on any atom is -0.382 e. The number of hydrogen-bond donors (Lipinski definition) is 1. The molecule has 0 radical (unpaired) electrons. The Hall–Kier alpha value is -1.77. The second-order valence-electron chi connectivity index (χ2n) is 6.34. The maximum atomic E-state index is 12.3. The topological polar surface area (TPSA) is 94.2 Å². The Morgan fingerprint density at radius 2 is 1.62 bits per heavy atom. The molecule has 1 aliphatic heterocycles. The number of nitrogens with one attached hydrogen (secondary N) is 1. The van der Waals surface area contributed by atoms with E-state index in [1.165, 1.54) is 0 Å². The molecule has 1 fully saturated rings. The molecular formula is C18H28N2O6. The van der Waals surface area contributed by atoms with E-state index < -0.39 is 0 Å². The van der Waals surface area contributed by atoms with Crippen LogP contribution in [0.4, 0.5) is 0 Å². The lowest BCUT2D eigenvalue weighted by molar-refractivity contribution is -0.143. The largest absolute Gasteiger partial charge is 0.382 e. The molecule has 8 heteroatoms. The first-order valence-corrected chi connectivity index (χ1v) is 9.06. The average molecular weight is 368 g/mol. The lowest BCUT2D eigenvalue weighted by Gasteiger charge is -2.14. The van der Waals surface area contributed by atoms with Gasteiger partial charge in [-0.1, -0.05) is 12.2 Å². The fourth-order valence-electron chi connectivity index (χ4n) is 3.09. The van der Waals surface area contributed by atoms with Gasteiger partial charge in [-0.05, 0) is 19.3 Å². The average Bonchev–Trinajstić information content (AvgIpc) is 2.88. The molecule has 0 aromatic heterocycles. The van der Waals surface area contributed by atoms with Gasteiger partial charge in [0, 0.05) is 20.3 Å². The van der Waals surface area contributed by atoms with E-state index in [-0.39, 0.29) is 36.1 Å². The number of carbonyl (C=O) groups excluding carboxylic acids is 3. The fourth-order valence-corrected chi connectivity index (χ4v) is 3.09. The second-order valence-corrected chi connectivity index (χ2v) is 6.34. The number of ether oxygens (including phenoxy) is 3. The Balaban J connectivity index is 1.54. The van der Waals surface area contributed by atoms with Gasteiger partial charge >= 0.3 is 0 Å². The summed E-state index contributed by atoms with van der Waals surface area (Å²) in [5, 5.41) is 2.72. The van der Waals surface area contributed by atoms with Gasteiger partial charge in [-0.2, -0.15) is 0 Å². The molecule has 0 bridgehead atoms. The first-order valence-electron chi connectivity index (χ1n) is 9.06. The molecule has 26 heavy (non-hydrogen) atoms. The van der Waals surface area contributed by atoms with E-state index in [0.717, 1.165) is 4.90 Å². The van der Waals surface area contributed by atoms with Crippen molar-refractivity contribution in [1.29, 1.82) is 0 Å². The monoisotopic (exact) mass is 368 g/mol. The van der Waals surface area contributed by atoms with Crippen molar-refractivity contribution in [3.8, 4) is 0 Å². The van der Waals surface area contributed by atoms with Gasteiger partial charge < -0.3 is 19.5 Å². The molecule has 0 saturated carbocycles. The standard InChI is InChI=1S/C18H28N2O6/c1-24-9-10-26-12-11-25-8-4-7-19-16(21)13-20-17(22)14-5-2-3-6-15(14)18(20)23/h2-3,14-15H,4-13H2,1H3,(H,19,21)/t14-,15-/m1/s1. The Kier molecular flexibility index (Phi) is 8.73. The third kappa shape index (κ3) is 5.89. The van der Waals surface area contributed by atoms with Crippen LogP contribution in [0.3, 0.4) is 0 Å². The maximum Gasteiger partial charge on any atom is 0.240 e. The van der Waals surface area contributed by atoms with Gasteiger partial charge in [-0.15, -0.1) is 0 Å². The van der Waals surface area contributed by atoms with E-state index in [9.17, 15) is 14.4 Å². The molecule has 0 aromatic rings. The summed E-state index contributed by atoms with van der Waals surface area (Å²) in [5.41, 5.74) is 0. The van der Waals surface area contributed by atoms with Gasteiger partial charge in [-0.25, -0.2) is 0 Å². The summed E-state index contributed by atoms with van der Waals surface area (Å²) >= 11 is 0. The predicted molar refractivity (Wildman–Crippen MR) is 93.2 cm³/mol. The minimum absolute atomic E-state index is 0.196. The number of amides is 3. The Morgan fingerprint density at radius 3 is 2.23 bits per heavy atom. The van der Waals surface area contributed by atoms with E-state index in [0.29, 0.717) is 58.8 Å². The van der Waals surface area contributed by atoms with Crippen molar-refractivity contribution < 1.29 is 28.6 Å². The molecule has 146 valence electrons. The van der Waals surface area contributed by atoms with Gasteiger partial charge in [0.1, 0.15) is 6.54 Å². The van der Waals surface area contributed by atoms with Gasteiger partial charge in [-0.3, -0.25) is 19.3 Å². The highest BCUT2D eigenvalue weighted by atomic mass is 16.5. The van der Waals surface area contributed by atoms with Crippen molar-refractivity contribution in [1.82, 2.24) is 10.2 Å². The van der Waals surface area contributed by atoms with Crippen LogP contribution in [0.1, 0.15) is 19.3 Å². The van der Waals surface area contributed by atoms with Crippen LogP contribution in [0.15, 0.2) is 12.2 Å². The maximum absolute atomic E-state index is 12.3. The van der Waals surface area contributed by atoms with Gasteiger partial charge in [0.25, 0.3) is 0 Å². The number of allylic oxidation sites excluding steroid dienone is 2. The van der Waals surface area contributed by atoms with Crippen LogP contribution < -0.4 is 5.32 Å². The third-order valence-corrected chi connectivity index (χ3v) is 4.49. The molecule has 1 heterocycles. The molecule has 0 unspecified atom stereocenters. The summed E-state index contributed by atoms with van der Waals surface area (Å²) in [5.74, 6) is -1.35. The van der Waals surface area contributed by atoms with Crippen LogP contribution in [0.5, 0.6) is 0 Å². The fraction of sp³-hybridized carbons (Fsp3) is 0.722. The summed E-state index contributed by atoms with van der Waals surface area (Å²) in [6.07, 6.45) is 5.68. The SMILES string of the molecule is COCCOCCOCCCNC(=O)CN1C(=O)[C@@H]2CC=CC[C@H]2C1=O. The van der Waals surface area contributed by atoms with Crippen LogP contribution in [-0.2, 0) is 28.6 Å². The van der Waals surface area contributed by atoms with Gasteiger partial charge in [0.05, 0.1) is 38.3 Å². The zero-order chi connectivity index (χ0) is 18.8. The van der Waals surface area contributed by atoms with Crippen LogP contribution in [-0.4, -0.2) is 75.9 Å². The summed E-state index contributed by atoms with van der Waals surface area (Å²) < 4.78 is 15.5. The number of hydrogen-bond acceptors (Lipinski definition) is 6. The zero-order valence-corrected chi connectivity index (χ0v) is 15.3. The number of fused-ring (bicyclic) bond motifs is 1. The number of nitrogens with zero attached hydrogens (tertiary/aromatic N) is 1. The van der Waals surface area contributed by atoms with Crippen LogP contribution in [0, 0.1) is 11.8 Å². The predicted octanol–water partition coefficient (Wildman–Crippen LogP) is 0.124. The van der Waals surface area contributed by atoms with Crippen molar-refractivity contribution in [3.63, 3.8) is 0 Å². The summed E-state index contributed by atoms with van der Waals surface area (Å²) in [6, 6.07) is 0. The number of imide groups is 1. The van der Waals surface area contributed by atoms with Crippen molar-refractivity contribution in [2.45, 2.75) is 19.3 Å². The van der Waals surface area contributed by atoms with E-state index in [1.54, 1.807) is 7.11 Å². The summed E-state index contributed by atoms with van der Waals surface area (Å²) in [4.78, 5) is 37.6. The molecule has 1 N–H and O–H groups in total.